The van der Waals surface area contributed by atoms with Crippen LogP contribution in [-0.2, 0) is 13.1 Å². The van der Waals surface area contributed by atoms with E-state index in [-0.39, 0.29) is 0 Å². The number of hydrogen-bond acceptors (Lipinski definition) is 3. The van der Waals surface area contributed by atoms with Gasteiger partial charge in [0.25, 0.3) is 0 Å². The Kier molecular flexibility index (Phi) is 5.26. The molecule has 0 bridgehead atoms. The highest BCUT2D eigenvalue weighted by Gasteiger charge is 2.11. The monoisotopic (exact) mass is 336 g/mol. The number of rotatable bonds is 6. The van der Waals surface area contributed by atoms with E-state index >= 15 is 0 Å². The van der Waals surface area contributed by atoms with Crippen molar-refractivity contribution in [2.75, 3.05) is 18.5 Å². The molecular formula is C16H21BrN2O. The first-order valence-electron chi connectivity index (χ1n) is 6.85. The average molecular weight is 337 g/mol. The molecule has 1 aromatic heterocycles. The van der Waals surface area contributed by atoms with Crippen molar-refractivity contribution in [2.45, 2.75) is 26.9 Å². The summed E-state index contributed by atoms with van der Waals surface area (Å²) in [4.78, 5) is 2.26. The van der Waals surface area contributed by atoms with Crippen LogP contribution in [0.15, 0.2) is 39.4 Å². The van der Waals surface area contributed by atoms with Crippen molar-refractivity contribution < 1.29 is 4.42 Å². The minimum absolute atomic E-state index is 0.845. The summed E-state index contributed by atoms with van der Waals surface area (Å²) in [6.45, 7) is 6.83. The average Bonchev–Trinajstić information content (AvgIpc) is 2.83. The molecule has 0 amide bonds. The van der Waals surface area contributed by atoms with Crippen molar-refractivity contribution in [3.63, 3.8) is 0 Å². The Morgan fingerprint density at radius 2 is 2.05 bits per heavy atom. The number of aryl methyl sites for hydroxylation is 1. The quantitative estimate of drug-likeness (QED) is 0.860. The van der Waals surface area contributed by atoms with Crippen LogP contribution in [0.1, 0.15) is 23.8 Å². The summed E-state index contributed by atoms with van der Waals surface area (Å²) in [6, 6.07) is 8.46. The van der Waals surface area contributed by atoms with Gasteiger partial charge in [0.15, 0.2) is 0 Å². The molecule has 0 atom stereocenters. The maximum Gasteiger partial charge on any atom is 0.105 e. The van der Waals surface area contributed by atoms with Crippen LogP contribution < -0.4 is 10.2 Å². The molecule has 2 rings (SSSR count). The molecule has 0 unspecified atom stereocenters. The van der Waals surface area contributed by atoms with Crippen molar-refractivity contribution in [3.05, 3.63) is 51.9 Å². The largest absolute Gasteiger partial charge is 0.469 e. The van der Waals surface area contributed by atoms with Crippen LogP contribution in [0.5, 0.6) is 0 Å². The van der Waals surface area contributed by atoms with Gasteiger partial charge in [-0.1, -0.05) is 28.9 Å². The number of anilines is 1. The minimum atomic E-state index is 0.845. The molecule has 4 heteroatoms. The van der Waals surface area contributed by atoms with Crippen molar-refractivity contribution in [1.82, 2.24) is 5.32 Å². The zero-order valence-corrected chi connectivity index (χ0v) is 13.8. The number of benzene rings is 1. The van der Waals surface area contributed by atoms with Gasteiger partial charge in [-0.2, -0.15) is 0 Å². The second-order valence-corrected chi connectivity index (χ2v) is 5.83. The summed E-state index contributed by atoms with van der Waals surface area (Å²) >= 11 is 3.56. The molecule has 108 valence electrons. The molecule has 1 aromatic carbocycles. The molecule has 0 aliphatic rings. The van der Waals surface area contributed by atoms with Gasteiger partial charge in [0, 0.05) is 35.9 Å². The Morgan fingerprint density at radius 3 is 2.70 bits per heavy atom. The number of hydrogen-bond donors (Lipinski definition) is 1. The van der Waals surface area contributed by atoms with Gasteiger partial charge in [-0.3, -0.25) is 0 Å². The van der Waals surface area contributed by atoms with Crippen LogP contribution in [0.3, 0.4) is 0 Å². The second kappa shape index (κ2) is 6.95. The van der Waals surface area contributed by atoms with Gasteiger partial charge in [-0.15, -0.1) is 0 Å². The molecule has 0 aliphatic heterocycles. The Balaban J connectivity index is 2.21. The van der Waals surface area contributed by atoms with Crippen molar-refractivity contribution >= 4 is 21.6 Å². The predicted molar refractivity (Wildman–Crippen MR) is 87.1 cm³/mol. The number of furan rings is 1. The third kappa shape index (κ3) is 3.64. The van der Waals surface area contributed by atoms with Gasteiger partial charge in [-0.05, 0) is 37.2 Å². The fourth-order valence-corrected chi connectivity index (χ4v) is 2.57. The van der Waals surface area contributed by atoms with Gasteiger partial charge in [0.2, 0.25) is 0 Å². The molecule has 0 radical (unpaired) electrons. The molecule has 1 heterocycles. The van der Waals surface area contributed by atoms with Crippen LogP contribution in [0.4, 0.5) is 5.69 Å². The lowest BCUT2D eigenvalue weighted by atomic mass is 10.1. The molecule has 0 aliphatic carbocycles. The summed E-state index contributed by atoms with van der Waals surface area (Å²) in [6.07, 6.45) is 1.75. The van der Waals surface area contributed by atoms with E-state index < -0.39 is 0 Å². The van der Waals surface area contributed by atoms with E-state index in [4.69, 9.17) is 4.42 Å². The van der Waals surface area contributed by atoms with E-state index in [0.29, 0.717) is 0 Å². The molecule has 3 nitrogen and oxygen atoms in total. The maximum absolute atomic E-state index is 5.37. The summed E-state index contributed by atoms with van der Waals surface area (Å²) in [5.41, 5.74) is 3.77. The molecule has 0 saturated carbocycles. The number of nitrogens with zero attached hydrogens (tertiary/aromatic N) is 1. The summed E-state index contributed by atoms with van der Waals surface area (Å²) in [5.74, 6) is 0.986. The minimum Gasteiger partial charge on any atom is -0.469 e. The first kappa shape index (κ1) is 15.1. The third-order valence-electron chi connectivity index (χ3n) is 3.40. The highest BCUT2D eigenvalue weighted by Crippen LogP contribution is 2.26. The molecule has 1 N–H and O–H groups in total. The smallest absolute Gasteiger partial charge is 0.105 e. The molecular weight excluding hydrogens is 316 g/mol. The fraction of sp³-hybridized carbons (Fsp3) is 0.375. The van der Waals surface area contributed by atoms with Crippen LogP contribution in [-0.4, -0.2) is 13.6 Å². The first-order valence-corrected chi connectivity index (χ1v) is 7.64. The van der Waals surface area contributed by atoms with Gasteiger partial charge in [0.05, 0.1) is 6.26 Å². The summed E-state index contributed by atoms with van der Waals surface area (Å²) in [5, 5.41) is 3.39. The number of halogens is 1. The van der Waals surface area contributed by atoms with E-state index in [1.54, 1.807) is 6.26 Å². The zero-order chi connectivity index (χ0) is 14.5. The van der Waals surface area contributed by atoms with E-state index in [2.05, 4.69) is 58.3 Å². The summed E-state index contributed by atoms with van der Waals surface area (Å²) < 4.78 is 6.47. The molecule has 0 spiro atoms. The van der Waals surface area contributed by atoms with E-state index in [1.807, 2.05) is 13.0 Å². The van der Waals surface area contributed by atoms with Gasteiger partial charge in [-0.25, -0.2) is 0 Å². The highest BCUT2D eigenvalue weighted by molar-refractivity contribution is 9.10. The van der Waals surface area contributed by atoms with Crippen LogP contribution in [0.25, 0.3) is 0 Å². The second-order valence-electron chi connectivity index (χ2n) is 4.91. The van der Waals surface area contributed by atoms with Crippen LogP contribution in [0, 0.1) is 6.92 Å². The Labute approximate surface area is 129 Å². The normalized spacial score (nSPS) is 10.8. The molecule has 0 fully saturated rings. The maximum atomic E-state index is 5.37. The lowest BCUT2D eigenvalue weighted by Crippen LogP contribution is -2.20. The molecule has 2 aromatic rings. The van der Waals surface area contributed by atoms with Gasteiger partial charge in [0.1, 0.15) is 5.76 Å². The van der Waals surface area contributed by atoms with Crippen molar-refractivity contribution in [2.24, 2.45) is 0 Å². The van der Waals surface area contributed by atoms with Gasteiger partial charge < -0.3 is 14.6 Å². The predicted octanol–water partition coefficient (Wildman–Crippen LogP) is 4.10. The third-order valence-corrected chi connectivity index (χ3v) is 3.89. The van der Waals surface area contributed by atoms with E-state index in [0.717, 1.165) is 29.9 Å². The molecule has 20 heavy (non-hydrogen) atoms. The van der Waals surface area contributed by atoms with Crippen LogP contribution >= 0.6 is 15.9 Å². The van der Waals surface area contributed by atoms with E-state index in [9.17, 15) is 0 Å². The Morgan fingerprint density at radius 1 is 1.25 bits per heavy atom. The Hall–Kier alpha value is -1.26. The van der Waals surface area contributed by atoms with E-state index in [1.165, 1.54) is 16.8 Å². The van der Waals surface area contributed by atoms with Crippen LogP contribution in [0.2, 0.25) is 0 Å². The molecule has 0 saturated heterocycles. The van der Waals surface area contributed by atoms with Crippen molar-refractivity contribution in [1.29, 1.82) is 0 Å². The Bertz CT molecular complexity index is 565. The lowest BCUT2D eigenvalue weighted by Gasteiger charge is -2.23. The lowest BCUT2D eigenvalue weighted by molar-refractivity contribution is 0.529. The van der Waals surface area contributed by atoms with Gasteiger partial charge >= 0.3 is 0 Å². The topological polar surface area (TPSA) is 28.4 Å². The summed E-state index contributed by atoms with van der Waals surface area (Å²) in [7, 11) is 2.11. The highest BCUT2D eigenvalue weighted by atomic mass is 79.9. The van der Waals surface area contributed by atoms with Crippen molar-refractivity contribution in [3.8, 4) is 0 Å². The standard InChI is InChI=1S/C16H21BrN2O/c1-4-18-10-13-5-6-15(17)9-16(13)19(3)11-14-7-8-20-12(14)2/h5-9,18H,4,10-11H2,1-3H3. The fourth-order valence-electron chi connectivity index (χ4n) is 2.22. The number of nitrogens with one attached hydrogen (secondary N) is 1. The SMILES string of the molecule is CCNCc1ccc(Br)cc1N(C)Cc1ccoc1C. The zero-order valence-electron chi connectivity index (χ0n) is 12.2. The first-order chi connectivity index (χ1) is 9.61.